The molecule has 10 heavy (non-hydrogen) atoms. The summed E-state index contributed by atoms with van der Waals surface area (Å²) in [6.45, 7) is 0. The lowest BCUT2D eigenvalue weighted by Crippen LogP contribution is -1.99. The van der Waals surface area contributed by atoms with Gasteiger partial charge in [0.15, 0.2) is 6.29 Å². The normalized spacial score (nSPS) is 23.6. The van der Waals surface area contributed by atoms with E-state index in [1.54, 1.807) is 13.2 Å². The lowest BCUT2D eigenvalue weighted by atomic mass is 10.3. The number of rotatable bonds is 2. The topological polar surface area (TPSA) is 26.3 Å². The first kappa shape index (κ1) is 7.54. The van der Waals surface area contributed by atoms with Gasteiger partial charge in [0.2, 0.25) is 0 Å². The molecule has 0 aromatic heterocycles. The summed E-state index contributed by atoms with van der Waals surface area (Å²) in [5.74, 6) is 0.690. The maximum Gasteiger partial charge on any atom is 0.153 e. The van der Waals surface area contributed by atoms with Gasteiger partial charge >= 0.3 is 0 Å². The third-order valence-corrected chi connectivity index (χ3v) is 2.05. The molecule has 0 aliphatic heterocycles. The molecule has 3 heteroatoms. The largest absolute Gasteiger partial charge is 0.499 e. The van der Waals surface area contributed by atoms with Crippen molar-refractivity contribution in [1.82, 2.24) is 0 Å². The number of alkyl halides is 1. The van der Waals surface area contributed by atoms with E-state index >= 15 is 0 Å². The minimum atomic E-state index is 0.0673. The minimum absolute atomic E-state index is 0.0673. The predicted octanol–water partition coefficient (Wildman–Crippen LogP) is 1.42. The van der Waals surface area contributed by atoms with Crippen molar-refractivity contribution in [3.8, 4) is 0 Å². The first-order chi connectivity index (χ1) is 4.79. The van der Waals surface area contributed by atoms with Gasteiger partial charge in [0.25, 0.3) is 0 Å². The zero-order chi connectivity index (χ0) is 7.56. The quantitative estimate of drug-likeness (QED) is 0.501. The van der Waals surface area contributed by atoms with Gasteiger partial charge in [0.1, 0.15) is 5.76 Å². The minimum Gasteiger partial charge on any atom is -0.499 e. The highest BCUT2D eigenvalue weighted by molar-refractivity contribution is 9.09. The van der Waals surface area contributed by atoms with Crippen LogP contribution in [0.15, 0.2) is 23.5 Å². The van der Waals surface area contributed by atoms with Crippen LogP contribution in [0.5, 0.6) is 0 Å². The van der Waals surface area contributed by atoms with E-state index in [0.29, 0.717) is 11.3 Å². The van der Waals surface area contributed by atoms with Gasteiger partial charge in [0.05, 0.1) is 17.5 Å². The first-order valence-corrected chi connectivity index (χ1v) is 3.76. The average molecular weight is 203 g/mol. The maximum atomic E-state index is 10.3. The Balaban J connectivity index is 2.89. The smallest absolute Gasteiger partial charge is 0.153 e. The SMILES string of the molecule is COC1=C(C=O)C=CC1Br. The second-order valence-electron chi connectivity index (χ2n) is 1.90. The summed E-state index contributed by atoms with van der Waals surface area (Å²) in [4.78, 5) is 10.4. The van der Waals surface area contributed by atoms with E-state index in [-0.39, 0.29) is 4.83 Å². The number of allylic oxidation sites excluding steroid dienone is 3. The fourth-order valence-corrected chi connectivity index (χ4v) is 1.45. The van der Waals surface area contributed by atoms with Gasteiger partial charge in [-0.15, -0.1) is 0 Å². The lowest BCUT2D eigenvalue weighted by Gasteiger charge is -2.04. The standard InChI is InChI=1S/C7H7BrO2/c1-10-7-5(4-9)2-3-6(7)8/h2-4,6H,1H3. The summed E-state index contributed by atoms with van der Waals surface area (Å²) in [5.41, 5.74) is 0.615. The van der Waals surface area contributed by atoms with E-state index in [1.165, 1.54) is 0 Å². The Morgan fingerprint density at radius 2 is 2.50 bits per heavy atom. The summed E-state index contributed by atoms with van der Waals surface area (Å²) >= 11 is 3.32. The molecular weight excluding hydrogens is 196 g/mol. The van der Waals surface area contributed by atoms with Crippen LogP contribution >= 0.6 is 15.9 Å². The Labute approximate surface area is 67.7 Å². The fourth-order valence-electron chi connectivity index (χ4n) is 0.845. The predicted molar refractivity (Wildman–Crippen MR) is 42.0 cm³/mol. The molecule has 0 aromatic carbocycles. The molecule has 54 valence electrons. The average Bonchev–Trinajstić information content (AvgIpc) is 2.30. The highest BCUT2D eigenvalue weighted by Crippen LogP contribution is 2.24. The van der Waals surface area contributed by atoms with Gasteiger partial charge in [-0.2, -0.15) is 0 Å². The molecule has 1 aliphatic rings. The zero-order valence-corrected chi connectivity index (χ0v) is 7.09. The molecule has 0 heterocycles. The van der Waals surface area contributed by atoms with Crippen molar-refractivity contribution in [2.75, 3.05) is 7.11 Å². The Morgan fingerprint density at radius 3 is 2.90 bits per heavy atom. The van der Waals surface area contributed by atoms with Crippen LogP contribution in [0.25, 0.3) is 0 Å². The van der Waals surface area contributed by atoms with Crippen LogP contribution in [0, 0.1) is 0 Å². The van der Waals surface area contributed by atoms with Crippen molar-refractivity contribution in [2.45, 2.75) is 4.83 Å². The Hall–Kier alpha value is -0.570. The van der Waals surface area contributed by atoms with Crippen molar-refractivity contribution < 1.29 is 9.53 Å². The van der Waals surface area contributed by atoms with Crippen LogP contribution < -0.4 is 0 Å². The molecule has 0 N–H and O–H groups in total. The summed E-state index contributed by atoms with van der Waals surface area (Å²) < 4.78 is 4.97. The highest BCUT2D eigenvalue weighted by Gasteiger charge is 2.17. The van der Waals surface area contributed by atoms with Crippen LogP contribution in [-0.2, 0) is 9.53 Å². The molecule has 0 saturated heterocycles. The highest BCUT2D eigenvalue weighted by atomic mass is 79.9. The molecule has 0 spiro atoms. The number of methoxy groups -OCH3 is 1. The van der Waals surface area contributed by atoms with Gasteiger partial charge in [0, 0.05) is 0 Å². The van der Waals surface area contributed by atoms with Crippen molar-refractivity contribution in [2.24, 2.45) is 0 Å². The van der Waals surface area contributed by atoms with Crippen molar-refractivity contribution in [1.29, 1.82) is 0 Å². The zero-order valence-electron chi connectivity index (χ0n) is 5.50. The van der Waals surface area contributed by atoms with Gasteiger partial charge in [-0.1, -0.05) is 28.1 Å². The number of carbonyl (C=O) groups excluding carboxylic acids is 1. The molecule has 0 bridgehead atoms. The van der Waals surface area contributed by atoms with Crippen molar-refractivity contribution in [3.63, 3.8) is 0 Å². The summed E-state index contributed by atoms with van der Waals surface area (Å²) in [6, 6.07) is 0. The monoisotopic (exact) mass is 202 g/mol. The molecule has 1 aliphatic carbocycles. The third-order valence-electron chi connectivity index (χ3n) is 1.33. The first-order valence-electron chi connectivity index (χ1n) is 2.85. The summed E-state index contributed by atoms with van der Waals surface area (Å²) in [7, 11) is 1.56. The number of carbonyl (C=O) groups is 1. The van der Waals surface area contributed by atoms with Crippen LogP contribution in [0.4, 0.5) is 0 Å². The molecular formula is C7H7BrO2. The summed E-state index contributed by atoms with van der Waals surface area (Å²) in [6.07, 6.45) is 4.39. The van der Waals surface area contributed by atoms with Gasteiger partial charge in [-0.3, -0.25) is 4.79 Å². The number of hydrogen-bond donors (Lipinski definition) is 0. The second kappa shape index (κ2) is 3.01. The number of halogens is 1. The van der Waals surface area contributed by atoms with E-state index in [4.69, 9.17) is 4.74 Å². The van der Waals surface area contributed by atoms with Crippen molar-refractivity contribution in [3.05, 3.63) is 23.5 Å². The molecule has 1 atom stereocenters. The van der Waals surface area contributed by atoms with E-state index in [1.807, 2.05) is 6.08 Å². The molecule has 0 amide bonds. The van der Waals surface area contributed by atoms with Crippen LogP contribution in [0.2, 0.25) is 0 Å². The van der Waals surface area contributed by atoms with E-state index in [9.17, 15) is 4.79 Å². The molecule has 0 aromatic rings. The van der Waals surface area contributed by atoms with Crippen LogP contribution in [0.3, 0.4) is 0 Å². The Kier molecular flexibility index (Phi) is 2.27. The molecule has 2 nitrogen and oxygen atoms in total. The van der Waals surface area contributed by atoms with E-state index in [0.717, 1.165) is 6.29 Å². The maximum absolute atomic E-state index is 10.3. The molecule has 1 rings (SSSR count). The second-order valence-corrected chi connectivity index (χ2v) is 2.89. The molecule has 0 fully saturated rings. The van der Waals surface area contributed by atoms with Crippen LogP contribution in [-0.4, -0.2) is 18.2 Å². The Bertz CT molecular complexity index is 206. The van der Waals surface area contributed by atoms with Gasteiger partial charge < -0.3 is 4.74 Å². The number of aldehydes is 1. The summed E-state index contributed by atoms with van der Waals surface area (Å²) in [5, 5.41) is 0. The van der Waals surface area contributed by atoms with Crippen LogP contribution in [0.1, 0.15) is 0 Å². The molecule has 1 unspecified atom stereocenters. The molecule has 0 radical (unpaired) electrons. The van der Waals surface area contributed by atoms with Gasteiger partial charge in [-0.05, 0) is 0 Å². The Morgan fingerprint density at radius 1 is 1.80 bits per heavy atom. The molecule has 0 saturated carbocycles. The number of ether oxygens (including phenoxy) is 1. The third kappa shape index (κ3) is 1.14. The van der Waals surface area contributed by atoms with Gasteiger partial charge in [-0.25, -0.2) is 0 Å². The number of hydrogen-bond acceptors (Lipinski definition) is 2. The fraction of sp³-hybridized carbons (Fsp3) is 0.286. The van der Waals surface area contributed by atoms with E-state index in [2.05, 4.69) is 15.9 Å². The lowest BCUT2D eigenvalue weighted by molar-refractivity contribution is -0.104. The van der Waals surface area contributed by atoms with E-state index < -0.39 is 0 Å². The van der Waals surface area contributed by atoms with Crippen molar-refractivity contribution >= 4 is 22.2 Å².